The maximum absolute atomic E-state index is 12.1. The van der Waals surface area contributed by atoms with Gasteiger partial charge in [-0.2, -0.15) is 14.6 Å². The van der Waals surface area contributed by atoms with Crippen molar-refractivity contribution < 1.29 is 4.79 Å². The molecule has 1 aromatic carbocycles. The highest BCUT2D eigenvalue weighted by Crippen LogP contribution is 2.64. The van der Waals surface area contributed by atoms with Gasteiger partial charge in [0.05, 0.1) is 11.4 Å². The van der Waals surface area contributed by atoms with Crippen molar-refractivity contribution in [3.8, 4) is 11.3 Å². The van der Waals surface area contributed by atoms with Gasteiger partial charge in [0.15, 0.2) is 5.78 Å². The van der Waals surface area contributed by atoms with Crippen LogP contribution in [-0.4, -0.2) is 25.4 Å². The second-order valence-electron chi connectivity index (χ2n) is 11.0. The van der Waals surface area contributed by atoms with Gasteiger partial charge < -0.3 is 0 Å². The van der Waals surface area contributed by atoms with Gasteiger partial charge in [0.1, 0.15) is 6.33 Å². The van der Waals surface area contributed by atoms with Crippen molar-refractivity contribution >= 4 is 27.5 Å². The zero-order valence-electron chi connectivity index (χ0n) is 19.5. The van der Waals surface area contributed by atoms with Crippen LogP contribution in [0, 0.1) is 23.2 Å². The average Bonchev–Trinajstić information content (AvgIpc) is 3.41. The normalized spacial score (nSPS) is 33.8. The van der Waals surface area contributed by atoms with E-state index in [0.29, 0.717) is 23.5 Å². The van der Waals surface area contributed by atoms with Crippen LogP contribution in [-0.2, 0) is 16.6 Å². The molecule has 2 saturated carbocycles. The van der Waals surface area contributed by atoms with E-state index in [9.17, 15) is 4.79 Å². The standard InChI is InChI=1S/C28H27BrN4O/c1-27-11-9-19(34)13-17(27)5-8-20-22(27)10-12-28(2)23(20)14-21-24(16-3-6-18(29)7-4-16)33-26(30-15-31-33)32-25(21)28/h3-4,6-7,9,11,13,15,20,22-23H,5,8,10,12,14H2,1-2H3/t20-,22+,23+,27+,28+/m1/s1. The van der Waals surface area contributed by atoms with E-state index in [4.69, 9.17) is 4.98 Å². The number of halogens is 1. The van der Waals surface area contributed by atoms with Crippen molar-refractivity contribution in [2.24, 2.45) is 23.2 Å². The SMILES string of the molecule is C[C@]12C=CC(=O)C=C1CC[C@@H]1[C@@H]2CC[C@]2(C)c3nc4ncnn4c(-c4ccc(Br)cc4)c3C[C@@H]12. The summed E-state index contributed by atoms with van der Waals surface area (Å²) in [5, 5.41) is 4.57. The number of ketones is 1. The number of carbonyl (C=O) groups excluding carboxylic acids is 1. The molecule has 4 aliphatic rings. The molecule has 5 atom stereocenters. The van der Waals surface area contributed by atoms with Crippen molar-refractivity contribution in [2.75, 3.05) is 0 Å². The maximum Gasteiger partial charge on any atom is 0.252 e. The average molecular weight is 515 g/mol. The van der Waals surface area contributed by atoms with Crippen LogP contribution < -0.4 is 0 Å². The minimum Gasteiger partial charge on any atom is -0.290 e. The van der Waals surface area contributed by atoms with Gasteiger partial charge in [-0.3, -0.25) is 4.79 Å². The van der Waals surface area contributed by atoms with Crippen LogP contribution in [0.1, 0.15) is 50.8 Å². The van der Waals surface area contributed by atoms with Crippen LogP contribution in [0.2, 0.25) is 0 Å². The number of allylic oxidation sites excluding steroid dienone is 4. The lowest BCUT2D eigenvalue weighted by molar-refractivity contribution is -0.111. The number of fused-ring (bicyclic) bond motifs is 8. The van der Waals surface area contributed by atoms with Gasteiger partial charge in [-0.25, -0.2) is 4.98 Å². The van der Waals surface area contributed by atoms with Crippen LogP contribution in [0.4, 0.5) is 0 Å². The molecule has 4 aliphatic carbocycles. The van der Waals surface area contributed by atoms with Gasteiger partial charge in [0, 0.05) is 26.4 Å². The second kappa shape index (κ2) is 6.97. The van der Waals surface area contributed by atoms with Crippen LogP contribution >= 0.6 is 15.9 Å². The number of rotatable bonds is 1. The number of hydrogen-bond donors (Lipinski definition) is 0. The summed E-state index contributed by atoms with van der Waals surface area (Å²) in [4.78, 5) is 21.7. The van der Waals surface area contributed by atoms with Crippen molar-refractivity contribution in [3.63, 3.8) is 0 Å². The summed E-state index contributed by atoms with van der Waals surface area (Å²) >= 11 is 3.58. The fourth-order valence-corrected chi connectivity index (χ4v) is 8.12. The van der Waals surface area contributed by atoms with Crippen molar-refractivity contribution in [2.45, 2.75) is 51.4 Å². The molecule has 3 aromatic rings. The van der Waals surface area contributed by atoms with Gasteiger partial charge >= 0.3 is 0 Å². The lowest BCUT2D eigenvalue weighted by atomic mass is 9.48. The molecule has 0 radical (unpaired) electrons. The summed E-state index contributed by atoms with van der Waals surface area (Å²) in [6, 6.07) is 8.52. The summed E-state index contributed by atoms with van der Waals surface area (Å²) in [5.74, 6) is 2.57. The van der Waals surface area contributed by atoms with E-state index < -0.39 is 0 Å². The molecule has 34 heavy (non-hydrogen) atoms. The molecule has 0 N–H and O–H groups in total. The van der Waals surface area contributed by atoms with Gasteiger partial charge in [0.2, 0.25) is 0 Å². The molecular formula is C28H27BrN4O. The molecule has 0 amide bonds. The minimum absolute atomic E-state index is 0.00499. The minimum atomic E-state index is 0.00499. The first-order valence-corrected chi connectivity index (χ1v) is 13.1. The topological polar surface area (TPSA) is 60.2 Å². The maximum atomic E-state index is 12.1. The Kier molecular flexibility index (Phi) is 4.25. The van der Waals surface area contributed by atoms with E-state index >= 15 is 0 Å². The van der Waals surface area contributed by atoms with Gasteiger partial charge in [-0.15, -0.1) is 0 Å². The molecule has 0 saturated heterocycles. The van der Waals surface area contributed by atoms with Gasteiger partial charge in [-0.05, 0) is 74.1 Å². The van der Waals surface area contributed by atoms with E-state index in [0.717, 1.165) is 47.8 Å². The Bertz CT molecular complexity index is 1420. The summed E-state index contributed by atoms with van der Waals surface area (Å²) < 4.78 is 3.00. The van der Waals surface area contributed by atoms with Crippen molar-refractivity contribution in [1.82, 2.24) is 19.6 Å². The molecule has 0 spiro atoms. The first-order chi connectivity index (χ1) is 16.4. The van der Waals surface area contributed by atoms with Gasteiger partial charge in [0.25, 0.3) is 5.78 Å². The number of aromatic nitrogens is 4. The Hall–Kier alpha value is -2.60. The molecule has 2 heterocycles. The third-order valence-electron chi connectivity index (χ3n) is 9.55. The van der Waals surface area contributed by atoms with Crippen LogP contribution in [0.25, 0.3) is 17.0 Å². The van der Waals surface area contributed by atoms with Crippen molar-refractivity contribution in [1.29, 1.82) is 0 Å². The molecule has 0 unspecified atom stereocenters. The Balaban J connectivity index is 1.37. The molecule has 0 aliphatic heterocycles. The predicted molar refractivity (Wildman–Crippen MR) is 134 cm³/mol. The Labute approximate surface area is 207 Å². The summed E-state index contributed by atoms with van der Waals surface area (Å²) in [5.41, 5.74) is 6.26. The van der Waals surface area contributed by atoms with Gasteiger partial charge in [-0.1, -0.05) is 53.6 Å². The fraction of sp³-hybridized carbons (Fsp3) is 0.429. The van der Waals surface area contributed by atoms with E-state index in [1.54, 1.807) is 12.4 Å². The van der Waals surface area contributed by atoms with E-state index in [1.807, 2.05) is 10.6 Å². The van der Waals surface area contributed by atoms with Crippen LogP contribution in [0.5, 0.6) is 0 Å². The largest absolute Gasteiger partial charge is 0.290 e. The molecule has 2 aromatic heterocycles. The molecule has 172 valence electrons. The first kappa shape index (κ1) is 20.7. The first-order valence-electron chi connectivity index (χ1n) is 12.3. The highest BCUT2D eigenvalue weighted by atomic mass is 79.9. The number of nitrogens with zero attached hydrogens (tertiary/aromatic N) is 4. The molecule has 0 bridgehead atoms. The van der Waals surface area contributed by atoms with Crippen LogP contribution in [0.3, 0.4) is 0 Å². The molecule has 5 nitrogen and oxygen atoms in total. The van der Waals surface area contributed by atoms with Crippen LogP contribution in [0.15, 0.2) is 58.9 Å². The summed E-state index contributed by atoms with van der Waals surface area (Å²) in [6.45, 7) is 4.81. The predicted octanol–water partition coefficient (Wildman–Crippen LogP) is 5.88. The van der Waals surface area contributed by atoms with Crippen molar-refractivity contribution in [3.05, 3.63) is 70.1 Å². The quantitative estimate of drug-likeness (QED) is 0.407. The highest BCUT2D eigenvalue weighted by Gasteiger charge is 2.58. The molecule has 6 heteroatoms. The third kappa shape index (κ3) is 2.66. The third-order valence-corrected chi connectivity index (χ3v) is 10.1. The fourth-order valence-electron chi connectivity index (χ4n) is 7.86. The number of hydrogen-bond acceptors (Lipinski definition) is 4. The zero-order valence-corrected chi connectivity index (χ0v) is 21.0. The Morgan fingerprint density at radius 3 is 2.76 bits per heavy atom. The van der Waals surface area contributed by atoms with E-state index in [1.165, 1.54) is 16.8 Å². The number of benzene rings is 1. The monoisotopic (exact) mass is 514 g/mol. The smallest absolute Gasteiger partial charge is 0.252 e. The van der Waals surface area contributed by atoms with E-state index in [-0.39, 0.29) is 16.6 Å². The second-order valence-corrected chi connectivity index (χ2v) is 11.9. The Morgan fingerprint density at radius 2 is 1.94 bits per heavy atom. The van der Waals surface area contributed by atoms with E-state index in [2.05, 4.69) is 70.2 Å². The zero-order chi connectivity index (χ0) is 23.2. The summed E-state index contributed by atoms with van der Waals surface area (Å²) in [7, 11) is 0. The lowest BCUT2D eigenvalue weighted by Crippen LogP contribution is -2.50. The summed E-state index contributed by atoms with van der Waals surface area (Å²) in [6.07, 6.45) is 13.0. The molecular weight excluding hydrogens is 488 g/mol. The molecule has 7 rings (SSSR count). The number of carbonyl (C=O) groups is 1. The highest BCUT2D eigenvalue weighted by molar-refractivity contribution is 9.10. The molecule has 2 fully saturated rings. The Morgan fingerprint density at radius 1 is 1.12 bits per heavy atom. The lowest BCUT2D eigenvalue weighted by Gasteiger charge is -2.56.